The molecule has 7 heteroatoms. The van der Waals surface area contributed by atoms with E-state index in [2.05, 4.69) is 5.32 Å². The summed E-state index contributed by atoms with van der Waals surface area (Å²) in [5.41, 5.74) is 1.15. The van der Waals surface area contributed by atoms with E-state index in [1.165, 1.54) is 30.1 Å². The Kier molecular flexibility index (Phi) is 5.26. The van der Waals surface area contributed by atoms with Crippen molar-refractivity contribution in [3.63, 3.8) is 0 Å². The summed E-state index contributed by atoms with van der Waals surface area (Å²) >= 11 is 0. The van der Waals surface area contributed by atoms with Gasteiger partial charge in [-0.15, -0.1) is 0 Å². The molecule has 0 aromatic heterocycles. The van der Waals surface area contributed by atoms with Gasteiger partial charge < -0.3 is 10.2 Å². The maximum absolute atomic E-state index is 12.3. The molecule has 0 fully saturated rings. The average Bonchev–Trinajstić information content (AvgIpc) is 2.55. The van der Waals surface area contributed by atoms with Crippen LogP contribution in [0.4, 0.5) is 11.4 Å². The van der Waals surface area contributed by atoms with Crippen LogP contribution in [-0.4, -0.2) is 35.2 Å². The number of carbonyl (C=O) groups excluding carboxylic acids is 2. The summed E-state index contributed by atoms with van der Waals surface area (Å²) in [5.74, 6) is -0.806. The number of benzene rings is 2. The number of rotatable bonds is 5. The molecule has 0 unspecified atom stereocenters. The fourth-order valence-corrected chi connectivity index (χ4v) is 2.17. The van der Waals surface area contributed by atoms with E-state index in [0.29, 0.717) is 11.3 Å². The molecule has 124 valence electrons. The van der Waals surface area contributed by atoms with E-state index in [9.17, 15) is 19.7 Å². The van der Waals surface area contributed by atoms with Crippen molar-refractivity contribution in [1.29, 1.82) is 0 Å². The zero-order valence-corrected chi connectivity index (χ0v) is 13.4. The van der Waals surface area contributed by atoms with Crippen molar-refractivity contribution in [3.05, 3.63) is 69.8 Å². The number of nitrogens with one attached hydrogen (secondary N) is 1. The number of likely N-dealkylation sites (N-methyl/N-ethyl adjacent to an activating group) is 1. The molecule has 2 aromatic rings. The lowest BCUT2D eigenvalue weighted by Crippen LogP contribution is -2.34. The number of nitrogens with zero attached hydrogens (tertiary/aromatic N) is 2. The van der Waals surface area contributed by atoms with Gasteiger partial charge in [0, 0.05) is 29.9 Å². The molecule has 24 heavy (non-hydrogen) atoms. The topological polar surface area (TPSA) is 92.6 Å². The molecule has 1 N–H and O–H groups in total. The van der Waals surface area contributed by atoms with Gasteiger partial charge in [0.25, 0.3) is 11.6 Å². The van der Waals surface area contributed by atoms with Gasteiger partial charge in [0.05, 0.1) is 11.5 Å². The first-order valence-electron chi connectivity index (χ1n) is 7.24. The highest BCUT2D eigenvalue weighted by Gasteiger charge is 2.19. The molecule has 0 atom stereocenters. The van der Waals surface area contributed by atoms with Gasteiger partial charge in [-0.1, -0.05) is 24.3 Å². The Labute approximate surface area is 139 Å². The van der Waals surface area contributed by atoms with Gasteiger partial charge in [0.15, 0.2) is 0 Å². The predicted octanol–water partition coefficient (Wildman–Crippen LogP) is 2.61. The number of nitro groups is 1. The molecule has 0 heterocycles. The highest BCUT2D eigenvalue weighted by atomic mass is 16.6. The van der Waals surface area contributed by atoms with Gasteiger partial charge in [-0.25, -0.2) is 0 Å². The number of anilines is 1. The van der Waals surface area contributed by atoms with E-state index in [1.54, 1.807) is 31.2 Å². The van der Waals surface area contributed by atoms with Gasteiger partial charge in [-0.05, 0) is 25.1 Å². The number of amides is 2. The van der Waals surface area contributed by atoms with Crippen molar-refractivity contribution < 1.29 is 14.5 Å². The van der Waals surface area contributed by atoms with Crippen molar-refractivity contribution in [1.82, 2.24) is 4.90 Å². The van der Waals surface area contributed by atoms with Crippen LogP contribution in [-0.2, 0) is 4.79 Å². The Bertz CT molecular complexity index is 775. The molecule has 0 aliphatic rings. The van der Waals surface area contributed by atoms with E-state index >= 15 is 0 Å². The van der Waals surface area contributed by atoms with Crippen LogP contribution in [0.5, 0.6) is 0 Å². The number of aryl methyl sites for hydroxylation is 1. The van der Waals surface area contributed by atoms with Crippen molar-refractivity contribution in [2.45, 2.75) is 6.92 Å². The van der Waals surface area contributed by atoms with E-state index in [1.807, 2.05) is 6.07 Å². The van der Waals surface area contributed by atoms with Crippen LogP contribution in [0.2, 0.25) is 0 Å². The smallest absolute Gasteiger partial charge is 0.273 e. The Hall–Kier alpha value is -3.22. The molecule has 2 amide bonds. The summed E-state index contributed by atoms with van der Waals surface area (Å²) in [4.78, 5) is 36.0. The third-order valence-electron chi connectivity index (χ3n) is 3.44. The number of hydrogen-bond donors (Lipinski definition) is 1. The van der Waals surface area contributed by atoms with Crippen LogP contribution in [0.15, 0.2) is 48.5 Å². The summed E-state index contributed by atoms with van der Waals surface area (Å²) < 4.78 is 0. The lowest BCUT2D eigenvalue weighted by molar-refractivity contribution is -0.385. The van der Waals surface area contributed by atoms with Crippen molar-refractivity contribution in [2.24, 2.45) is 0 Å². The lowest BCUT2D eigenvalue weighted by Gasteiger charge is -2.17. The zero-order chi connectivity index (χ0) is 17.7. The van der Waals surface area contributed by atoms with Crippen LogP contribution in [0.1, 0.15) is 15.9 Å². The predicted molar refractivity (Wildman–Crippen MR) is 89.9 cm³/mol. The van der Waals surface area contributed by atoms with E-state index in [0.717, 1.165) is 0 Å². The average molecular weight is 327 g/mol. The normalized spacial score (nSPS) is 10.1. The summed E-state index contributed by atoms with van der Waals surface area (Å²) in [5, 5.41) is 13.6. The van der Waals surface area contributed by atoms with Crippen LogP contribution >= 0.6 is 0 Å². The minimum absolute atomic E-state index is 0.122. The molecule has 0 bridgehead atoms. The number of para-hydroxylation sites is 1. The SMILES string of the molecule is Cc1ccc(C(=O)N(C)CC(=O)Nc2ccccc2)cc1[N+](=O)[O-]. The van der Waals surface area contributed by atoms with Crippen LogP contribution in [0.25, 0.3) is 0 Å². The van der Waals surface area contributed by atoms with E-state index < -0.39 is 10.8 Å². The third-order valence-corrected chi connectivity index (χ3v) is 3.44. The molecule has 0 radical (unpaired) electrons. The largest absolute Gasteiger partial charge is 0.332 e. The summed E-state index contributed by atoms with van der Waals surface area (Å²) in [6, 6.07) is 13.1. The maximum Gasteiger partial charge on any atom is 0.273 e. The third kappa shape index (κ3) is 4.16. The Morgan fingerprint density at radius 3 is 2.46 bits per heavy atom. The first-order chi connectivity index (χ1) is 11.4. The fourth-order valence-electron chi connectivity index (χ4n) is 2.17. The monoisotopic (exact) mass is 327 g/mol. The maximum atomic E-state index is 12.3. The first kappa shape index (κ1) is 17.1. The minimum Gasteiger partial charge on any atom is -0.332 e. The molecule has 2 rings (SSSR count). The first-order valence-corrected chi connectivity index (χ1v) is 7.24. The zero-order valence-electron chi connectivity index (χ0n) is 13.4. The number of carbonyl (C=O) groups is 2. The van der Waals surface area contributed by atoms with Gasteiger partial charge in [0.1, 0.15) is 0 Å². The minimum atomic E-state index is -0.534. The van der Waals surface area contributed by atoms with E-state index in [-0.39, 0.29) is 23.7 Å². The Morgan fingerprint density at radius 1 is 1.17 bits per heavy atom. The van der Waals surface area contributed by atoms with Gasteiger partial charge in [-0.2, -0.15) is 0 Å². The molecule has 0 spiro atoms. The van der Waals surface area contributed by atoms with Gasteiger partial charge >= 0.3 is 0 Å². The Morgan fingerprint density at radius 2 is 1.83 bits per heavy atom. The van der Waals surface area contributed by atoms with Crippen LogP contribution < -0.4 is 5.32 Å². The number of nitro benzene ring substituents is 1. The molecule has 7 nitrogen and oxygen atoms in total. The molecular weight excluding hydrogens is 310 g/mol. The molecule has 0 aliphatic heterocycles. The fraction of sp³-hybridized carbons (Fsp3) is 0.176. The summed E-state index contributed by atoms with van der Waals surface area (Å²) in [6.07, 6.45) is 0. The summed E-state index contributed by atoms with van der Waals surface area (Å²) in [7, 11) is 1.47. The van der Waals surface area contributed by atoms with Crippen molar-refractivity contribution in [2.75, 3.05) is 18.9 Å². The van der Waals surface area contributed by atoms with Gasteiger partial charge in [-0.3, -0.25) is 19.7 Å². The standard InChI is InChI=1S/C17H17N3O4/c1-12-8-9-13(10-15(12)20(23)24)17(22)19(2)11-16(21)18-14-6-4-3-5-7-14/h3-10H,11H2,1-2H3,(H,18,21). The summed E-state index contributed by atoms with van der Waals surface area (Å²) in [6.45, 7) is 1.44. The number of hydrogen-bond acceptors (Lipinski definition) is 4. The molecular formula is C17H17N3O4. The quantitative estimate of drug-likeness (QED) is 0.675. The van der Waals surface area contributed by atoms with Gasteiger partial charge in [0.2, 0.25) is 5.91 Å². The van der Waals surface area contributed by atoms with Crippen molar-refractivity contribution in [3.8, 4) is 0 Å². The van der Waals surface area contributed by atoms with Crippen LogP contribution in [0, 0.1) is 17.0 Å². The highest BCUT2D eigenvalue weighted by Crippen LogP contribution is 2.20. The molecule has 2 aromatic carbocycles. The highest BCUT2D eigenvalue weighted by molar-refractivity contribution is 5.99. The molecule has 0 saturated heterocycles. The van der Waals surface area contributed by atoms with E-state index in [4.69, 9.17) is 0 Å². The van der Waals surface area contributed by atoms with Crippen LogP contribution in [0.3, 0.4) is 0 Å². The van der Waals surface area contributed by atoms with Crippen molar-refractivity contribution >= 4 is 23.2 Å². The molecule has 0 aliphatic carbocycles. The Balaban J connectivity index is 2.05. The second-order valence-corrected chi connectivity index (χ2v) is 5.33. The lowest BCUT2D eigenvalue weighted by atomic mass is 10.1. The molecule has 0 saturated carbocycles. The second kappa shape index (κ2) is 7.36. The second-order valence-electron chi connectivity index (χ2n) is 5.33.